The number of rotatable bonds is 9. The first kappa shape index (κ1) is 25.9. The van der Waals surface area contributed by atoms with Crippen molar-refractivity contribution in [2.75, 3.05) is 23.4 Å². The van der Waals surface area contributed by atoms with Crippen LogP contribution in [0.1, 0.15) is 15.7 Å². The smallest absolute Gasteiger partial charge is 0.277 e. The van der Waals surface area contributed by atoms with Crippen molar-refractivity contribution >= 4 is 58.1 Å². The van der Waals surface area contributed by atoms with Gasteiger partial charge in [-0.15, -0.1) is 23.5 Å². The largest absolute Gasteiger partial charge is 0.484 e. The Morgan fingerprint density at radius 1 is 1.00 bits per heavy atom. The van der Waals surface area contributed by atoms with Crippen molar-refractivity contribution in [2.24, 2.45) is 5.10 Å². The number of fused-ring (bicyclic) bond motifs is 1. The van der Waals surface area contributed by atoms with Crippen LogP contribution in [0.25, 0.3) is 10.9 Å². The molecule has 2 amide bonds. The first-order valence-electron chi connectivity index (χ1n) is 12.0. The maximum absolute atomic E-state index is 13.1. The zero-order valence-electron chi connectivity index (χ0n) is 20.3. The van der Waals surface area contributed by atoms with E-state index in [1.165, 1.54) is 41.3 Å². The second-order valence-corrected chi connectivity index (χ2v) is 11.2. The van der Waals surface area contributed by atoms with E-state index in [1.807, 2.05) is 72.1 Å². The van der Waals surface area contributed by atoms with Gasteiger partial charge in [-0.3, -0.25) is 9.59 Å². The minimum Gasteiger partial charge on any atom is -0.484 e. The molecule has 1 aliphatic heterocycles. The van der Waals surface area contributed by atoms with Crippen LogP contribution in [0, 0.1) is 5.82 Å². The number of nitrogens with zero attached hydrogens (tertiary/aromatic N) is 2. The number of amides is 2. The minimum atomic E-state index is -0.380. The number of para-hydroxylation sites is 1. The lowest BCUT2D eigenvalue weighted by molar-refractivity contribution is -0.123. The number of carbonyl (C=O) groups excluding carboxylic acids is 2. The first-order valence-corrected chi connectivity index (χ1v) is 14.1. The molecule has 0 radical (unpaired) electrons. The molecule has 2 heterocycles. The lowest BCUT2D eigenvalue weighted by Crippen LogP contribution is -2.24. The van der Waals surface area contributed by atoms with Crippen molar-refractivity contribution in [3.05, 3.63) is 95.9 Å². The van der Waals surface area contributed by atoms with Crippen LogP contribution in [0.5, 0.6) is 5.75 Å². The summed E-state index contributed by atoms with van der Waals surface area (Å²) in [6.07, 6.45) is 3.34. The number of thioether (sulfide) groups is 2. The average molecular weight is 549 g/mol. The van der Waals surface area contributed by atoms with Crippen LogP contribution in [0.15, 0.2) is 84.1 Å². The molecule has 0 spiro atoms. The van der Waals surface area contributed by atoms with Crippen LogP contribution < -0.4 is 15.5 Å². The van der Waals surface area contributed by atoms with E-state index in [9.17, 15) is 14.0 Å². The summed E-state index contributed by atoms with van der Waals surface area (Å²) in [4.78, 5) is 24.8. The molecule has 1 aromatic heterocycles. The Morgan fingerprint density at radius 3 is 2.50 bits per heavy atom. The third-order valence-corrected chi connectivity index (χ3v) is 8.90. The van der Waals surface area contributed by atoms with Crippen LogP contribution in [0.2, 0.25) is 0 Å². The van der Waals surface area contributed by atoms with Crippen molar-refractivity contribution in [3.63, 3.8) is 0 Å². The number of ether oxygens (including phenoxy) is 1. The maximum Gasteiger partial charge on any atom is 0.277 e. The summed E-state index contributed by atoms with van der Waals surface area (Å²) in [5.74, 6) is 1.97. The van der Waals surface area contributed by atoms with E-state index >= 15 is 0 Å². The van der Waals surface area contributed by atoms with Gasteiger partial charge in [-0.2, -0.15) is 5.10 Å². The Kier molecular flexibility index (Phi) is 8.30. The fourth-order valence-electron chi connectivity index (χ4n) is 4.02. The number of hydrogen-bond donors (Lipinski definition) is 2. The summed E-state index contributed by atoms with van der Waals surface area (Å²) < 4.78 is 21.0. The van der Waals surface area contributed by atoms with Gasteiger partial charge in [0.15, 0.2) is 6.61 Å². The van der Waals surface area contributed by atoms with Crippen LogP contribution in [-0.4, -0.2) is 40.7 Å². The van der Waals surface area contributed by atoms with Gasteiger partial charge in [0.1, 0.15) is 18.1 Å². The summed E-state index contributed by atoms with van der Waals surface area (Å²) in [6, 6.07) is 21.0. The molecule has 4 aromatic rings. The van der Waals surface area contributed by atoms with Crippen molar-refractivity contribution in [1.82, 2.24) is 9.99 Å². The topological polar surface area (TPSA) is 84.7 Å². The van der Waals surface area contributed by atoms with Crippen molar-refractivity contribution in [2.45, 2.75) is 11.1 Å². The molecular formula is C28H25FN4O3S2. The number of carbonyl (C=O) groups is 2. The summed E-state index contributed by atoms with van der Waals surface area (Å²) >= 11 is 3.88. The lowest BCUT2D eigenvalue weighted by Gasteiger charge is -2.10. The summed E-state index contributed by atoms with van der Waals surface area (Å²) in [5.41, 5.74) is 5.85. The molecule has 5 rings (SSSR count). The van der Waals surface area contributed by atoms with Crippen molar-refractivity contribution in [3.8, 4) is 5.75 Å². The molecule has 194 valence electrons. The standard InChI is InChI=1S/C28H25FN4O3S2/c29-21-7-9-22(10-8-21)31-26(34)17-33-16-20(24-3-1-2-4-25(24)33)15-30-32-27(35)18-36-23-11-5-19(6-12-23)28-37-13-14-38-28/h1-12,15-16,28H,13-14,17-18H2,(H,31,34)(H,32,35)/b30-15-. The summed E-state index contributed by atoms with van der Waals surface area (Å²) in [7, 11) is 0. The van der Waals surface area contributed by atoms with Gasteiger partial charge in [-0.25, -0.2) is 9.82 Å². The SMILES string of the molecule is O=C(COc1ccc(C2SCCS2)cc1)N/N=C\c1cn(CC(=O)Nc2ccc(F)cc2)c2ccccc12. The minimum absolute atomic E-state index is 0.0584. The number of hydrogen-bond acceptors (Lipinski definition) is 6. The number of anilines is 1. The number of hydrazone groups is 1. The monoisotopic (exact) mass is 548 g/mol. The molecule has 2 N–H and O–H groups in total. The van der Waals surface area contributed by atoms with E-state index < -0.39 is 0 Å². The highest BCUT2D eigenvalue weighted by atomic mass is 32.2. The molecule has 38 heavy (non-hydrogen) atoms. The molecule has 0 saturated carbocycles. The third-order valence-electron chi connectivity index (χ3n) is 5.80. The molecule has 1 saturated heterocycles. The van der Waals surface area contributed by atoms with E-state index in [2.05, 4.69) is 15.8 Å². The van der Waals surface area contributed by atoms with Crippen molar-refractivity contribution < 1.29 is 18.7 Å². The normalized spacial score (nSPS) is 13.7. The second-order valence-electron chi connectivity index (χ2n) is 8.51. The lowest BCUT2D eigenvalue weighted by atomic mass is 10.2. The Balaban J connectivity index is 1.16. The Labute approximate surface area is 227 Å². The van der Waals surface area contributed by atoms with E-state index in [4.69, 9.17) is 4.74 Å². The van der Waals surface area contributed by atoms with Crippen molar-refractivity contribution in [1.29, 1.82) is 0 Å². The third kappa shape index (κ3) is 6.56. The van der Waals surface area contributed by atoms with E-state index in [0.29, 0.717) is 16.0 Å². The van der Waals surface area contributed by atoms with Gasteiger partial charge in [0, 0.05) is 39.9 Å². The first-order chi connectivity index (χ1) is 18.5. The maximum atomic E-state index is 13.1. The highest BCUT2D eigenvalue weighted by Gasteiger charge is 2.18. The van der Waals surface area contributed by atoms with Crippen LogP contribution in [0.4, 0.5) is 10.1 Å². The summed E-state index contributed by atoms with van der Waals surface area (Å²) in [6.45, 7) is -0.0994. The van der Waals surface area contributed by atoms with Gasteiger partial charge < -0.3 is 14.6 Å². The molecule has 0 aliphatic carbocycles. The Morgan fingerprint density at radius 2 is 1.74 bits per heavy atom. The Hall–Kier alpha value is -3.76. The molecular weight excluding hydrogens is 523 g/mol. The molecule has 0 atom stereocenters. The molecule has 1 aliphatic rings. The van der Waals surface area contributed by atoms with Crippen LogP contribution in [-0.2, 0) is 16.1 Å². The number of aromatic nitrogens is 1. The van der Waals surface area contributed by atoms with Crippen LogP contribution >= 0.6 is 23.5 Å². The highest BCUT2D eigenvalue weighted by Crippen LogP contribution is 2.45. The van der Waals surface area contributed by atoms with E-state index in [-0.39, 0.29) is 30.8 Å². The molecule has 1 fully saturated rings. The predicted molar refractivity (Wildman–Crippen MR) is 152 cm³/mol. The zero-order chi connectivity index (χ0) is 26.3. The molecule has 7 nitrogen and oxygen atoms in total. The predicted octanol–water partition coefficient (Wildman–Crippen LogP) is 5.43. The number of benzene rings is 3. The van der Waals surface area contributed by atoms with E-state index in [1.54, 1.807) is 17.0 Å². The molecule has 0 unspecified atom stereocenters. The van der Waals surface area contributed by atoms with E-state index in [0.717, 1.165) is 16.5 Å². The summed E-state index contributed by atoms with van der Waals surface area (Å²) in [5, 5.41) is 7.72. The fraction of sp³-hybridized carbons (Fsp3) is 0.179. The zero-order valence-corrected chi connectivity index (χ0v) is 21.9. The van der Waals surface area contributed by atoms with Crippen LogP contribution in [0.3, 0.4) is 0 Å². The number of nitrogens with one attached hydrogen (secondary N) is 2. The molecule has 0 bridgehead atoms. The van der Waals surface area contributed by atoms with Gasteiger partial charge in [-0.1, -0.05) is 30.3 Å². The highest BCUT2D eigenvalue weighted by molar-refractivity contribution is 8.19. The van der Waals surface area contributed by atoms with Gasteiger partial charge >= 0.3 is 0 Å². The fourth-order valence-corrected chi connectivity index (χ4v) is 6.88. The average Bonchev–Trinajstić information content (AvgIpc) is 3.58. The molecule has 3 aromatic carbocycles. The quantitative estimate of drug-likeness (QED) is 0.215. The van der Waals surface area contributed by atoms with Gasteiger partial charge in [0.2, 0.25) is 5.91 Å². The van der Waals surface area contributed by atoms with Gasteiger partial charge in [-0.05, 0) is 48.0 Å². The van der Waals surface area contributed by atoms with Gasteiger partial charge in [0.05, 0.1) is 10.8 Å². The van der Waals surface area contributed by atoms with Gasteiger partial charge in [0.25, 0.3) is 5.91 Å². The number of halogens is 1. The Bertz CT molecular complexity index is 1450. The second kappa shape index (κ2) is 12.2. The molecule has 10 heteroatoms.